The maximum atomic E-state index is 12.9. The summed E-state index contributed by atoms with van der Waals surface area (Å²) in [7, 11) is -3.80. The zero-order valence-electron chi connectivity index (χ0n) is 9.88. The van der Waals surface area contributed by atoms with Gasteiger partial charge in [-0.15, -0.1) is 0 Å². The van der Waals surface area contributed by atoms with Gasteiger partial charge in [0.25, 0.3) is 0 Å². The topological polar surface area (TPSA) is 66.4 Å². The largest absolute Gasteiger partial charge is 0.396 e. The number of sulfonamides is 1. The van der Waals surface area contributed by atoms with Crippen LogP contribution in [-0.4, -0.2) is 26.2 Å². The number of benzene rings is 1. The van der Waals surface area contributed by atoms with Crippen molar-refractivity contribution in [2.24, 2.45) is 5.92 Å². The van der Waals surface area contributed by atoms with Crippen LogP contribution in [0.4, 0.5) is 4.39 Å². The summed E-state index contributed by atoms with van der Waals surface area (Å²) < 4.78 is 39.6. The van der Waals surface area contributed by atoms with Gasteiger partial charge in [-0.3, -0.25) is 0 Å². The van der Waals surface area contributed by atoms with E-state index in [4.69, 9.17) is 16.7 Å². The monoisotopic (exact) mass is 305 g/mol. The van der Waals surface area contributed by atoms with Crippen LogP contribution in [0.2, 0.25) is 5.02 Å². The quantitative estimate of drug-likeness (QED) is 0.832. The maximum absolute atomic E-state index is 12.9. The molecular formula is C12H13ClFNO3S. The van der Waals surface area contributed by atoms with Gasteiger partial charge in [-0.1, -0.05) is 23.8 Å². The van der Waals surface area contributed by atoms with Gasteiger partial charge in [0.05, 0.1) is 5.02 Å². The molecule has 0 saturated carbocycles. The van der Waals surface area contributed by atoms with E-state index in [0.29, 0.717) is 6.42 Å². The molecule has 104 valence electrons. The van der Waals surface area contributed by atoms with Gasteiger partial charge in [-0.05, 0) is 24.6 Å². The fourth-order valence-corrected chi connectivity index (χ4v) is 3.69. The van der Waals surface area contributed by atoms with Crippen molar-refractivity contribution in [2.45, 2.75) is 17.4 Å². The Morgan fingerprint density at radius 2 is 2.16 bits per heavy atom. The van der Waals surface area contributed by atoms with Crippen molar-refractivity contribution in [3.8, 4) is 0 Å². The van der Waals surface area contributed by atoms with Crippen molar-refractivity contribution >= 4 is 21.6 Å². The number of aliphatic hydroxyl groups excluding tert-OH is 1. The van der Waals surface area contributed by atoms with Crippen molar-refractivity contribution in [1.29, 1.82) is 0 Å². The molecular weight excluding hydrogens is 293 g/mol. The molecule has 19 heavy (non-hydrogen) atoms. The molecule has 0 bridgehead atoms. The van der Waals surface area contributed by atoms with E-state index in [2.05, 4.69) is 4.72 Å². The molecule has 0 aromatic heterocycles. The summed E-state index contributed by atoms with van der Waals surface area (Å²) in [4.78, 5) is -0.156. The number of rotatable bonds is 4. The van der Waals surface area contributed by atoms with Crippen LogP contribution in [0.3, 0.4) is 0 Å². The molecule has 0 amide bonds. The average Bonchev–Trinajstić information content (AvgIpc) is 2.75. The summed E-state index contributed by atoms with van der Waals surface area (Å²) in [5.41, 5.74) is 0. The minimum atomic E-state index is -3.80. The van der Waals surface area contributed by atoms with Crippen molar-refractivity contribution in [1.82, 2.24) is 4.72 Å². The minimum absolute atomic E-state index is 0.0218. The Labute approximate surface area is 115 Å². The molecule has 0 saturated heterocycles. The van der Waals surface area contributed by atoms with E-state index in [0.717, 1.165) is 18.2 Å². The van der Waals surface area contributed by atoms with Crippen LogP contribution in [0.1, 0.15) is 6.42 Å². The highest BCUT2D eigenvalue weighted by molar-refractivity contribution is 7.89. The van der Waals surface area contributed by atoms with Crippen molar-refractivity contribution < 1.29 is 17.9 Å². The second-order valence-electron chi connectivity index (χ2n) is 4.37. The highest BCUT2D eigenvalue weighted by Gasteiger charge is 2.25. The summed E-state index contributed by atoms with van der Waals surface area (Å²) in [5, 5.41) is 8.82. The molecule has 1 aliphatic rings. The number of aliphatic hydroxyl groups is 1. The summed E-state index contributed by atoms with van der Waals surface area (Å²) >= 11 is 5.74. The Balaban J connectivity index is 2.17. The molecule has 0 fully saturated rings. The van der Waals surface area contributed by atoms with Gasteiger partial charge in [-0.25, -0.2) is 17.5 Å². The van der Waals surface area contributed by atoms with Crippen molar-refractivity contribution in [3.05, 3.63) is 41.2 Å². The van der Waals surface area contributed by atoms with E-state index in [1.807, 2.05) is 0 Å². The predicted octanol–water partition coefficient (Wildman–Crippen LogP) is 1.69. The Morgan fingerprint density at radius 3 is 2.74 bits per heavy atom. The summed E-state index contributed by atoms with van der Waals surface area (Å²) in [6.07, 6.45) is 3.95. The lowest BCUT2D eigenvalue weighted by Gasteiger charge is -2.14. The Kier molecular flexibility index (Phi) is 4.25. The van der Waals surface area contributed by atoms with E-state index in [1.54, 1.807) is 12.2 Å². The molecule has 1 aromatic rings. The highest BCUT2D eigenvalue weighted by Crippen LogP contribution is 2.24. The van der Waals surface area contributed by atoms with Gasteiger partial charge in [0.1, 0.15) is 10.7 Å². The van der Waals surface area contributed by atoms with Crippen LogP contribution in [0.15, 0.2) is 35.2 Å². The number of hydrogen-bond donors (Lipinski definition) is 2. The molecule has 2 N–H and O–H groups in total. The molecule has 7 heteroatoms. The summed E-state index contributed by atoms with van der Waals surface area (Å²) in [5.74, 6) is -0.638. The van der Waals surface area contributed by atoms with Crippen LogP contribution in [0.5, 0.6) is 0 Å². The first-order valence-electron chi connectivity index (χ1n) is 5.69. The zero-order chi connectivity index (χ0) is 14.0. The fraction of sp³-hybridized carbons (Fsp3) is 0.333. The van der Waals surface area contributed by atoms with Crippen molar-refractivity contribution in [3.63, 3.8) is 0 Å². The Bertz CT molecular complexity index is 603. The van der Waals surface area contributed by atoms with E-state index in [-0.39, 0.29) is 28.5 Å². The van der Waals surface area contributed by atoms with E-state index in [1.165, 1.54) is 0 Å². The molecule has 1 aliphatic carbocycles. The molecule has 1 aromatic carbocycles. The third-order valence-electron chi connectivity index (χ3n) is 2.90. The normalized spacial score (nSPS) is 22.9. The lowest BCUT2D eigenvalue weighted by molar-refractivity contribution is 0.248. The molecule has 2 rings (SSSR count). The molecule has 0 spiro atoms. The molecule has 0 aliphatic heterocycles. The molecule has 4 nitrogen and oxygen atoms in total. The first-order valence-corrected chi connectivity index (χ1v) is 7.55. The average molecular weight is 306 g/mol. The third kappa shape index (κ3) is 3.33. The third-order valence-corrected chi connectivity index (χ3v) is 4.87. The van der Waals surface area contributed by atoms with Gasteiger partial charge in [0.2, 0.25) is 10.0 Å². The maximum Gasteiger partial charge on any atom is 0.242 e. The molecule has 0 radical (unpaired) electrons. The van der Waals surface area contributed by atoms with Gasteiger partial charge < -0.3 is 5.11 Å². The second-order valence-corrected chi connectivity index (χ2v) is 6.46. The zero-order valence-corrected chi connectivity index (χ0v) is 11.5. The van der Waals surface area contributed by atoms with Crippen LogP contribution in [0, 0.1) is 11.7 Å². The Morgan fingerprint density at radius 1 is 1.42 bits per heavy atom. The Hall–Kier alpha value is -0.950. The molecule has 0 unspecified atom stereocenters. The summed E-state index contributed by atoms with van der Waals surface area (Å²) in [6.45, 7) is -0.0218. The SMILES string of the molecule is O=S(=O)(N[C@@H]1C=C[C@H](CO)C1)c1ccc(F)cc1Cl. The van der Waals surface area contributed by atoms with E-state index >= 15 is 0 Å². The fourth-order valence-electron chi connectivity index (χ4n) is 1.95. The number of nitrogens with one attached hydrogen (secondary N) is 1. The first kappa shape index (κ1) is 14.5. The summed E-state index contributed by atoms with van der Waals surface area (Å²) in [6, 6.07) is 2.74. The van der Waals surface area contributed by atoms with E-state index < -0.39 is 15.8 Å². The smallest absolute Gasteiger partial charge is 0.242 e. The van der Waals surface area contributed by atoms with Crippen molar-refractivity contribution in [2.75, 3.05) is 6.61 Å². The van der Waals surface area contributed by atoms with Crippen LogP contribution >= 0.6 is 11.6 Å². The number of hydrogen-bond acceptors (Lipinski definition) is 3. The van der Waals surface area contributed by atoms with E-state index in [9.17, 15) is 12.8 Å². The predicted molar refractivity (Wildman–Crippen MR) is 69.9 cm³/mol. The molecule has 0 heterocycles. The minimum Gasteiger partial charge on any atom is -0.396 e. The van der Waals surface area contributed by atoms with Crippen LogP contribution < -0.4 is 4.72 Å². The van der Waals surface area contributed by atoms with Crippen LogP contribution in [-0.2, 0) is 10.0 Å². The van der Waals surface area contributed by atoms with Gasteiger partial charge >= 0.3 is 0 Å². The van der Waals surface area contributed by atoms with Gasteiger partial charge in [0, 0.05) is 18.6 Å². The standard InChI is InChI=1S/C12H13ClFNO3S/c13-11-6-9(14)2-4-12(11)19(17,18)15-10-3-1-8(5-10)7-16/h1-4,6,8,10,15-16H,5,7H2/t8-,10+/m0/s1. The molecule has 2 atom stereocenters. The van der Waals surface area contributed by atoms with Crippen LogP contribution in [0.25, 0.3) is 0 Å². The lowest BCUT2D eigenvalue weighted by atomic mass is 10.1. The highest BCUT2D eigenvalue weighted by atomic mass is 35.5. The lowest BCUT2D eigenvalue weighted by Crippen LogP contribution is -2.33. The number of halogens is 2. The second kappa shape index (κ2) is 5.58. The van der Waals surface area contributed by atoms with Gasteiger partial charge in [0.15, 0.2) is 0 Å². The first-order chi connectivity index (χ1) is 8.92. The van der Waals surface area contributed by atoms with Gasteiger partial charge in [-0.2, -0.15) is 0 Å².